The molecule has 5 nitrogen and oxygen atoms in total. The summed E-state index contributed by atoms with van der Waals surface area (Å²) >= 11 is 0. The summed E-state index contributed by atoms with van der Waals surface area (Å²) in [6.45, 7) is 9.80. The van der Waals surface area contributed by atoms with Crippen molar-refractivity contribution in [2.75, 3.05) is 13.1 Å². The average molecular weight is 321 g/mol. The lowest BCUT2D eigenvalue weighted by molar-refractivity contribution is -0.951. The smallest absolute Gasteiger partial charge is 0.336 e. The van der Waals surface area contributed by atoms with Crippen LogP contribution in [0.25, 0.3) is 0 Å². The van der Waals surface area contributed by atoms with Crippen molar-refractivity contribution in [2.24, 2.45) is 0 Å². The standard InChI is InChI=1S/C18H28N2O3/c1-12-11-16(21)23-15(4)17(12)18(22)19-9-6-10-20-13(2)7-5-8-14(20)3/h11,13-14H,5-10H2,1-4H3,(H,19,22)/p+1. The Morgan fingerprint density at radius 2 is 1.96 bits per heavy atom. The third-order valence-electron chi connectivity index (χ3n) is 5.03. The van der Waals surface area contributed by atoms with Crippen LogP contribution >= 0.6 is 0 Å². The van der Waals surface area contributed by atoms with Gasteiger partial charge >= 0.3 is 5.63 Å². The molecule has 2 heterocycles. The molecule has 1 fully saturated rings. The molecular weight excluding hydrogens is 292 g/mol. The first-order valence-corrected chi connectivity index (χ1v) is 8.65. The minimum Gasteiger partial charge on any atom is -0.427 e. The molecule has 0 aliphatic carbocycles. The summed E-state index contributed by atoms with van der Waals surface area (Å²) < 4.78 is 5.02. The van der Waals surface area contributed by atoms with Gasteiger partial charge in [-0.1, -0.05) is 0 Å². The van der Waals surface area contributed by atoms with E-state index in [1.165, 1.54) is 25.3 Å². The molecule has 1 aliphatic heterocycles. The van der Waals surface area contributed by atoms with E-state index in [0.717, 1.165) is 13.0 Å². The van der Waals surface area contributed by atoms with Crippen LogP contribution in [-0.2, 0) is 0 Å². The van der Waals surface area contributed by atoms with E-state index in [9.17, 15) is 9.59 Å². The number of piperidine rings is 1. The first-order valence-electron chi connectivity index (χ1n) is 8.65. The Morgan fingerprint density at radius 3 is 2.57 bits per heavy atom. The van der Waals surface area contributed by atoms with Crippen LogP contribution in [0.3, 0.4) is 0 Å². The van der Waals surface area contributed by atoms with Gasteiger partial charge < -0.3 is 14.6 Å². The summed E-state index contributed by atoms with van der Waals surface area (Å²) in [4.78, 5) is 25.2. The van der Waals surface area contributed by atoms with E-state index in [1.54, 1.807) is 18.7 Å². The van der Waals surface area contributed by atoms with E-state index >= 15 is 0 Å². The molecule has 5 heteroatoms. The lowest BCUT2D eigenvalue weighted by atomic mass is 9.97. The van der Waals surface area contributed by atoms with E-state index in [0.29, 0.717) is 35.5 Å². The summed E-state index contributed by atoms with van der Waals surface area (Å²) in [5, 5.41) is 2.96. The van der Waals surface area contributed by atoms with Gasteiger partial charge in [0.1, 0.15) is 5.76 Å². The zero-order valence-electron chi connectivity index (χ0n) is 14.7. The second kappa shape index (κ2) is 7.77. The quantitative estimate of drug-likeness (QED) is 0.802. The SMILES string of the molecule is Cc1cc(=O)oc(C)c1C(=O)NCCC[NH+]1C(C)CCCC1C. The van der Waals surface area contributed by atoms with Crippen LogP contribution in [0.1, 0.15) is 61.2 Å². The van der Waals surface area contributed by atoms with Crippen molar-refractivity contribution >= 4 is 5.91 Å². The Kier molecular flexibility index (Phi) is 5.99. The highest BCUT2D eigenvalue weighted by Crippen LogP contribution is 2.10. The van der Waals surface area contributed by atoms with Crippen molar-refractivity contribution in [3.05, 3.63) is 33.4 Å². The van der Waals surface area contributed by atoms with Gasteiger partial charge in [-0.05, 0) is 52.5 Å². The molecule has 1 aliphatic rings. The third kappa shape index (κ3) is 4.44. The van der Waals surface area contributed by atoms with Crippen molar-refractivity contribution < 1.29 is 14.1 Å². The summed E-state index contributed by atoms with van der Waals surface area (Å²) in [6.07, 6.45) is 4.89. The highest BCUT2D eigenvalue weighted by atomic mass is 16.4. The number of nitrogens with one attached hydrogen (secondary N) is 2. The van der Waals surface area contributed by atoms with Crippen molar-refractivity contribution in [1.29, 1.82) is 0 Å². The topological polar surface area (TPSA) is 63.8 Å². The van der Waals surface area contributed by atoms with Gasteiger partial charge in [-0.2, -0.15) is 0 Å². The van der Waals surface area contributed by atoms with Gasteiger partial charge in [-0.15, -0.1) is 0 Å². The molecule has 2 N–H and O–H groups in total. The van der Waals surface area contributed by atoms with Gasteiger partial charge in [0.05, 0.1) is 24.2 Å². The van der Waals surface area contributed by atoms with Crippen LogP contribution < -0.4 is 15.8 Å². The summed E-state index contributed by atoms with van der Waals surface area (Å²) in [7, 11) is 0. The molecular formula is C18H29N2O3+. The van der Waals surface area contributed by atoms with Crippen LogP contribution in [0.2, 0.25) is 0 Å². The van der Waals surface area contributed by atoms with Crippen molar-refractivity contribution in [2.45, 2.75) is 65.5 Å². The first-order chi connectivity index (χ1) is 10.9. The van der Waals surface area contributed by atoms with Crippen molar-refractivity contribution in [3.8, 4) is 0 Å². The zero-order valence-corrected chi connectivity index (χ0v) is 14.7. The maximum atomic E-state index is 12.3. The molecule has 0 radical (unpaired) electrons. The molecule has 2 rings (SSSR count). The predicted molar refractivity (Wildman–Crippen MR) is 90.0 cm³/mol. The normalized spacial score (nSPS) is 24.4. The number of likely N-dealkylation sites (tertiary alicyclic amines) is 1. The Morgan fingerprint density at radius 1 is 1.30 bits per heavy atom. The first kappa shape index (κ1) is 17.7. The Labute approximate surface area is 138 Å². The summed E-state index contributed by atoms with van der Waals surface area (Å²) in [5.74, 6) is 0.231. The van der Waals surface area contributed by atoms with E-state index < -0.39 is 5.63 Å². The highest BCUT2D eigenvalue weighted by molar-refractivity contribution is 5.96. The minimum absolute atomic E-state index is 0.154. The summed E-state index contributed by atoms with van der Waals surface area (Å²) in [5.41, 5.74) is 0.741. The largest absolute Gasteiger partial charge is 0.427 e. The number of amides is 1. The van der Waals surface area contributed by atoms with Crippen molar-refractivity contribution in [3.63, 3.8) is 0 Å². The molecule has 1 amide bonds. The van der Waals surface area contributed by atoms with Crippen LogP contribution in [0, 0.1) is 13.8 Å². The lowest BCUT2D eigenvalue weighted by Gasteiger charge is -2.35. The number of carbonyl (C=O) groups is 1. The maximum Gasteiger partial charge on any atom is 0.336 e. The van der Waals surface area contributed by atoms with E-state index in [1.807, 2.05) is 0 Å². The fourth-order valence-electron chi connectivity index (χ4n) is 3.76. The number of rotatable bonds is 5. The highest BCUT2D eigenvalue weighted by Gasteiger charge is 2.27. The maximum absolute atomic E-state index is 12.3. The van der Waals surface area contributed by atoms with Gasteiger partial charge in [0.25, 0.3) is 5.91 Å². The Hall–Kier alpha value is -1.62. The molecule has 1 saturated heterocycles. The van der Waals surface area contributed by atoms with Gasteiger partial charge in [0.15, 0.2) is 0 Å². The Bertz CT molecular complexity index is 573. The van der Waals surface area contributed by atoms with Crippen LogP contribution in [0.5, 0.6) is 0 Å². The number of aryl methyl sites for hydroxylation is 2. The number of hydrogen-bond donors (Lipinski definition) is 2. The number of carbonyl (C=O) groups excluding carboxylic acids is 1. The molecule has 0 saturated carbocycles. The molecule has 128 valence electrons. The van der Waals surface area contributed by atoms with Crippen LogP contribution in [-0.4, -0.2) is 31.1 Å². The second-order valence-corrected chi connectivity index (χ2v) is 6.85. The van der Waals surface area contributed by atoms with Gasteiger partial charge in [0, 0.05) is 19.0 Å². The monoisotopic (exact) mass is 321 g/mol. The Balaban J connectivity index is 1.85. The average Bonchev–Trinajstić information content (AvgIpc) is 2.44. The zero-order chi connectivity index (χ0) is 17.0. The fourth-order valence-corrected chi connectivity index (χ4v) is 3.76. The molecule has 2 unspecified atom stereocenters. The van der Waals surface area contributed by atoms with Gasteiger partial charge in [-0.25, -0.2) is 4.79 Å². The molecule has 2 atom stereocenters. The minimum atomic E-state index is -0.409. The molecule has 0 spiro atoms. The number of hydrogen-bond acceptors (Lipinski definition) is 3. The van der Waals surface area contributed by atoms with E-state index in [2.05, 4.69) is 19.2 Å². The van der Waals surface area contributed by atoms with Crippen molar-refractivity contribution in [1.82, 2.24) is 5.32 Å². The van der Waals surface area contributed by atoms with Gasteiger partial charge in [-0.3, -0.25) is 4.79 Å². The molecule has 23 heavy (non-hydrogen) atoms. The number of quaternary nitrogens is 1. The summed E-state index contributed by atoms with van der Waals surface area (Å²) in [6, 6.07) is 2.79. The molecule has 0 bridgehead atoms. The second-order valence-electron chi connectivity index (χ2n) is 6.85. The van der Waals surface area contributed by atoms with E-state index in [4.69, 9.17) is 4.42 Å². The third-order valence-corrected chi connectivity index (χ3v) is 5.03. The molecule has 1 aromatic rings. The molecule has 1 aromatic heterocycles. The fraction of sp³-hybridized carbons (Fsp3) is 0.667. The van der Waals surface area contributed by atoms with Crippen LogP contribution in [0.4, 0.5) is 0 Å². The van der Waals surface area contributed by atoms with Gasteiger partial charge in [0.2, 0.25) is 0 Å². The predicted octanol–water partition coefficient (Wildman–Crippen LogP) is 1.22. The lowest BCUT2D eigenvalue weighted by Crippen LogP contribution is -3.19. The molecule has 0 aromatic carbocycles. The van der Waals surface area contributed by atoms with Crippen LogP contribution in [0.15, 0.2) is 15.3 Å². The van der Waals surface area contributed by atoms with E-state index in [-0.39, 0.29) is 5.91 Å².